The molecule has 0 saturated heterocycles. The van der Waals surface area contributed by atoms with Gasteiger partial charge in [0.1, 0.15) is 5.58 Å². The fourth-order valence-corrected chi connectivity index (χ4v) is 2.31. The minimum atomic E-state index is 0.0171. The molecule has 0 radical (unpaired) electrons. The summed E-state index contributed by atoms with van der Waals surface area (Å²) in [5.74, 6) is 0.338. The maximum Gasteiger partial charge on any atom is 0.291 e. The quantitative estimate of drug-likeness (QED) is 0.802. The van der Waals surface area contributed by atoms with Gasteiger partial charge in [-0.1, -0.05) is 13.3 Å². The van der Waals surface area contributed by atoms with Crippen LogP contribution in [-0.2, 0) is 6.42 Å². The Morgan fingerprint density at radius 3 is 2.82 bits per heavy atom. The van der Waals surface area contributed by atoms with E-state index in [4.69, 9.17) is 9.15 Å². The molecule has 4 heteroatoms. The Morgan fingerprint density at radius 1 is 1.41 bits per heavy atom. The van der Waals surface area contributed by atoms with Crippen LogP contribution in [0.4, 0.5) is 0 Å². The number of halogens is 1. The number of hydrogen-bond acceptors (Lipinski definition) is 3. The van der Waals surface area contributed by atoms with Crippen LogP contribution in [0.5, 0.6) is 5.95 Å². The molecule has 17 heavy (non-hydrogen) atoms. The van der Waals surface area contributed by atoms with Gasteiger partial charge in [-0.2, -0.15) is 0 Å². The summed E-state index contributed by atoms with van der Waals surface area (Å²) in [6.45, 7) is 2.03. The normalized spacial score (nSPS) is 10.8. The largest absolute Gasteiger partial charge is 0.468 e. The molecule has 3 nitrogen and oxygen atoms in total. The molecule has 0 aliphatic rings. The molecule has 0 fully saturated rings. The highest BCUT2D eigenvalue weighted by atomic mass is 127. The third-order valence-corrected chi connectivity index (χ3v) is 3.27. The summed E-state index contributed by atoms with van der Waals surface area (Å²) in [5, 5.41) is 0.626. The second kappa shape index (κ2) is 5.08. The standard InChI is InChI=1S/C13H13IO3/c1-3-4-9-12(15)10-7-8(14)5-6-11(10)17-13(9)16-2/h5-7H,3-4H2,1-2H3. The van der Waals surface area contributed by atoms with Crippen molar-refractivity contribution < 1.29 is 9.15 Å². The number of ether oxygens (including phenoxy) is 1. The fraction of sp³-hybridized carbons (Fsp3) is 0.308. The van der Waals surface area contributed by atoms with Gasteiger partial charge in [0.2, 0.25) is 0 Å². The Morgan fingerprint density at radius 2 is 2.18 bits per heavy atom. The second-order valence-corrected chi connectivity index (χ2v) is 5.04. The predicted molar refractivity (Wildman–Crippen MR) is 75.7 cm³/mol. The SMILES string of the molecule is CCCc1c(OC)oc2ccc(I)cc2c1=O. The van der Waals surface area contributed by atoms with Crippen LogP contribution >= 0.6 is 22.6 Å². The van der Waals surface area contributed by atoms with Gasteiger partial charge in [0, 0.05) is 3.57 Å². The molecule has 1 heterocycles. The number of methoxy groups -OCH3 is 1. The Hall–Kier alpha value is -1.04. The van der Waals surface area contributed by atoms with Gasteiger partial charge in [-0.05, 0) is 47.2 Å². The van der Waals surface area contributed by atoms with Crippen molar-refractivity contribution in [2.24, 2.45) is 0 Å². The van der Waals surface area contributed by atoms with E-state index in [1.165, 1.54) is 7.11 Å². The van der Waals surface area contributed by atoms with Crippen LogP contribution in [0.2, 0.25) is 0 Å². The number of fused-ring (bicyclic) bond motifs is 1. The average Bonchev–Trinajstić information content (AvgIpc) is 2.33. The molecule has 0 amide bonds. The number of hydrogen-bond donors (Lipinski definition) is 0. The Labute approximate surface area is 113 Å². The molecule has 0 unspecified atom stereocenters. The van der Waals surface area contributed by atoms with Crippen LogP contribution in [0.1, 0.15) is 18.9 Å². The average molecular weight is 344 g/mol. The van der Waals surface area contributed by atoms with Crippen LogP contribution in [0.3, 0.4) is 0 Å². The first-order chi connectivity index (χ1) is 8.17. The van der Waals surface area contributed by atoms with E-state index in [-0.39, 0.29) is 5.43 Å². The molecule has 0 spiro atoms. The van der Waals surface area contributed by atoms with Crippen LogP contribution < -0.4 is 10.2 Å². The number of rotatable bonds is 3. The molecule has 2 rings (SSSR count). The third-order valence-electron chi connectivity index (χ3n) is 2.59. The molecule has 2 aromatic rings. The van der Waals surface area contributed by atoms with E-state index in [1.807, 2.05) is 19.1 Å². The van der Waals surface area contributed by atoms with E-state index in [0.29, 0.717) is 28.9 Å². The number of benzene rings is 1. The van der Waals surface area contributed by atoms with Crippen LogP contribution in [0, 0.1) is 3.57 Å². The lowest BCUT2D eigenvalue weighted by atomic mass is 10.1. The van der Waals surface area contributed by atoms with Gasteiger partial charge < -0.3 is 9.15 Å². The second-order valence-electron chi connectivity index (χ2n) is 3.79. The van der Waals surface area contributed by atoms with E-state index in [1.54, 1.807) is 6.07 Å². The van der Waals surface area contributed by atoms with Crippen molar-refractivity contribution >= 4 is 33.6 Å². The summed E-state index contributed by atoms with van der Waals surface area (Å²) < 4.78 is 11.8. The highest BCUT2D eigenvalue weighted by molar-refractivity contribution is 14.1. The van der Waals surface area contributed by atoms with Crippen molar-refractivity contribution in [1.82, 2.24) is 0 Å². The van der Waals surface area contributed by atoms with E-state index >= 15 is 0 Å². The van der Waals surface area contributed by atoms with Gasteiger partial charge in [0.25, 0.3) is 5.95 Å². The molecule has 0 atom stereocenters. The molecule has 0 bridgehead atoms. The third kappa shape index (κ3) is 2.31. The molecular formula is C13H13IO3. The summed E-state index contributed by atoms with van der Waals surface area (Å²) in [5.41, 5.74) is 1.22. The first-order valence-electron chi connectivity index (χ1n) is 5.46. The molecule has 0 aliphatic carbocycles. The Balaban J connectivity index is 2.79. The minimum Gasteiger partial charge on any atom is -0.468 e. The van der Waals surface area contributed by atoms with Crippen molar-refractivity contribution in [2.75, 3.05) is 7.11 Å². The Bertz CT molecular complexity index is 601. The van der Waals surface area contributed by atoms with E-state index in [9.17, 15) is 4.79 Å². The van der Waals surface area contributed by atoms with Crippen LogP contribution in [0.15, 0.2) is 27.4 Å². The lowest BCUT2D eigenvalue weighted by Gasteiger charge is -2.07. The molecule has 0 aliphatic heterocycles. The maximum atomic E-state index is 12.3. The highest BCUT2D eigenvalue weighted by Gasteiger charge is 2.14. The van der Waals surface area contributed by atoms with Gasteiger partial charge in [0.05, 0.1) is 18.1 Å². The van der Waals surface area contributed by atoms with Crippen LogP contribution in [0.25, 0.3) is 11.0 Å². The molecule has 0 saturated carbocycles. The molecule has 90 valence electrons. The van der Waals surface area contributed by atoms with Crippen molar-refractivity contribution in [3.05, 3.63) is 37.6 Å². The summed E-state index contributed by atoms with van der Waals surface area (Å²) in [6, 6.07) is 5.56. The zero-order valence-electron chi connectivity index (χ0n) is 9.75. The molecule has 1 aromatic heterocycles. The monoisotopic (exact) mass is 344 g/mol. The fourth-order valence-electron chi connectivity index (χ4n) is 1.82. The predicted octanol–water partition coefficient (Wildman–Crippen LogP) is 3.36. The maximum absolute atomic E-state index is 12.3. The van der Waals surface area contributed by atoms with Gasteiger partial charge in [-0.15, -0.1) is 0 Å². The van der Waals surface area contributed by atoms with Crippen molar-refractivity contribution in [3.63, 3.8) is 0 Å². The first-order valence-corrected chi connectivity index (χ1v) is 6.54. The lowest BCUT2D eigenvalue weighted by molar-refractivity contribution is 0.304. The molecular weight excluding hydrogens is 331 g/mol. The smallest absolute Gasteiger partial charge is 0.291 e. The summed E-state index contributed by atoms with van der Waals surface area (Å²) in [6.07, 6.45) is 1.56. The lowest BCUT2D eigenvalue weighted by Crippen LogP contribution is -2.11. The summed E-state index contributed by atoms with van der Waals surface area (Å²) >= 11 is 2.18. The topological polar surface area (TPSA) is 39.4 Å². The molecule has 1 aromatic carbocycles. The van der Waals surface area contributed by atoms with E-state index in [2.05, 4.69) is 22.6 Å². The summed E-state index contributed by atoms with van der Waals surface area (Å²) in [4.78, 5) is 12.3. The minimum absolute atomic E-state index is 0.0171. The van der Waals surface area contributed by atoms with Crippen molar-refractivity contribution in [1.29, 1.82) is 0 Å². The van der Waals surface area contributed by atoms with Crippen LogP contribution in [-0.4, -0.2) is 7.11 Å². The zero-order valence-corrected chi connectivity index (χ0v) is 11.9. The zero-order chi connectivity index (χ0) is 12.4. The highest BCUT2D eigenvalue weighted by Crippen LogP contribution is 2.23. The molecule has 0 N–H and O–H groups in total. The first kappa shape index (κ1) is 12.4. The van der Waals surface area contributed by atoms with Gasteiger partial charge in [0.15, 0.2) is 5.43 Å². The van der Waals surface area contributed by atoms with Crippen molar-refractivity contribution in [2.45, 2.75) is 19.8 Å². The Kier molecular flexibility index (Phi) is 3.71. The van der Waals surface area contributed by atoms with E-state index in [0.717, 1.165) is 9.99 Å². The van der Waals surface area contributed by atoms with Crippen molar-refractivity contribution in [3.8, 4) is 5.95 Å². The summed E-state index contributed by atoms with van der Waals surface area (Å²) in [7, 11) is 1.52. The van der Waals surface area contributed by atoms with E-state index < -0.39 is 0 Å². The van der Waals surface area contributed by atoms with Gasteiger partial charge >= 0.3 is 0 Å². The van der Waals surface area contributed by atoms with Gasteiger partial charge in [-0.3, -0.25) is 4.79 Å². The van der Waals surface area contributed by atoms with Gasteiger partial charge in [-0.25, -0.2) is 0 Å².